The predicted octanol–water partition coefficient (Wildman–Crippen LogP) is 4.87. The molecule has 0 bridgehead atoms. The Balaban J connectivity index is 1.53. The normalized spacial score (nSPS) is 17.6. The van der Waals surface area contributed by atoms with E-state index in [1.54, 1.807) is 25.3 Å². The van der Waals surface area contributed by atoms with E-state index in [-0.39, 0.29) is 25.4 Å². The molecule has 3 N–H and O–H groups in total. The number of carbonyl (C=O) groups excluding carboxylic acids is 2. The minimum atomic E-state index is -3.72. The zero-order chi connectivity index (χ0) is 29.5. The number of hydrogen-bond donors (Lipinski definition) is 2. The topological polar surface area (TPSA) is 125 Å². The summed E-state index contributed by atoms with van der Waals surface area (Å²) >= 11 is 0. The zero-order valence-electron chi connectivity index (χ0n) is 23.6. The van der Waals surface area contributed by atoms with Crippen molar-refractivity contribution in [3.8, 4) is 0 Å². The van der Waals surface area contributed by atoms with E-state index in [1.165, 1.54) is 14.6 Å². The van der Waals surface area contributed by atoms with E-state index in [0.29, 0.717) is 37.2 Å². The van der Waals surface area contributed by atoms with Crippen molar-refractivity contribution in [3.63, 3.8) is 0 Å². The lowest BCUT2D eigenvalue weighted by molar-refractivity contribution is -0.124. The van der Waals surface area contributed by atoms with Crippen LogP contribution in [0, 0.1) is 13.8 Å². The molecule has 2 aliphatic heterocycles. The molecule has 0 saturated carbocycles. The van der Waals surface area contributed by atoms with Gasteiger partial charge in [-0.15, -0.1) is 0 Å². The number of amidine groups is 1. The summed E-state index contributed by atoms with van der Waals surface area (Å²) in [6, 6.07) is 2.97. The highest BCUT2D eigenvalue weighted by molar-refractivity contribution is 7.92. The monoisotopic (exact) mass is 581 g/mol. The van der Waals surface area contributed by atoms with E-state index in [2.05, 4.69) is 5.32 Å². The summed E-state index contributed by atoms with van der Waals surface area (Å²) in [5, 5.41) is 4.07. The van der Waals surface area contributed by atoms with Crippen molar-refractivity contribution in [3.05, 3.63) is 34.2 Å². The number of hydrogen-bond acceptors (Lipinski definition) is 5. The van der Waals surface area contributed by atoms with Gasteiger partial charge in [-0.1, -0.05) is 25.7 Å². The molecule has 1 aromatic carbocycles. The van der Waals surface area contributed by atoms with Crippen LogP contribution >= 0.6 is 0 Å². The van der Waals surface area contributed by atoms with Gasteiger partial charge in [0.05, 0.1) is 0 Å². The molecule has 0 aromatic heterocycles. The molecule has 2 heterocycles. The number of halogens is 2. The summed E-state index contributed by atoms with van der Waals surface area (Å²) in [6.45, 7) is 4.06. The third-order valence-corrected chi connectivity index (χ3v) is 9.29. The van der Waals surface area contributed by atoms with Crippen molar-refractivity contribution in [2.45, 2.75) is 90.0 Å². The lowest BCUT2D eigenvalue weighted by Crippen LogP contribution is -2.50. The van der Waals surface area contributed by atoms with Gasteiger partial charge in [0, 0.05) is 44.1 Å². The van der Waals surface area contributed by atoms with Gasteiger partial charge in [-0.2, -0.15) is 4.31 Å². The number of amides is 3. The van der Waals surface area contributed by atoms with Crippen molar-refractivity contribution < 1.29 is 26.8 Å². The Morgan fingerprint density at radius 3 is 2.27 bits per heavy atom. The van der Waals surface area contributed by atoms with Crippen LogP contribution in [-0.2, 0) is 14.8 Å². The smallest absolute Gasteiger partial charge is 0.318 e. The van der Waals surface area contributed by atoms with Crippen LogP contribution in [0.3, 0.4) is 0 Å². The van der Waals surface area contributed by atoms with Gasteiger partial charge in [0.25, 0.3) is 5.91 Å². The van der Waals surface area contributed by atoms with E-state index in [4.69, 9.17) is 10.7 Å². The van der Waals surface area contributed by atoms with Gasteiger partial charge in [-0.25, -0.2) is 22.0 Å². The molecule has 1 saturated heterocycles. The minimum absolute atomic E-state index is 0.0369. The second-order valence-corrected chi connectivity index (χ2v) is 12.6. The number of primary amides is 1. The van der Waals surface area contributed by atoms with E-state index in [0.717, 1.165) is 48.8 Å². The minimum Gasteiger partial charge on any atom is -0.351 e. The van der Waals surface area contributed by atoms with Crippen molar-refractivity contribution >= 4 is 39.6 Å². The Kier molecular flexibility index (Phi) is 10.8. The molecule has 2 aliphatic rings. The van der Waals surface area contributed by atoms with Crippen molar-refractivity contribution in [1.29, 1.82) is 0 Å². The number of piperidine rings is 1. The van der Waals surface area contributed by atoms with Crippen molar-refractivity contribution in [2.75, 3.05) is 25.0 Å². The Labute approximate surface area is 235 Å². The molecule has 1 fully saturated rings. The first-order valence-corrected chi connectivity index (χ1v) is 15.4. The molecule has 1 aromatic rings. The summed E-state index contributed by atoms with van der Waals surface area (Å²) in [5.41, 5.74) is 7.42. The van der Waals surface area contributed by atoms with Crippen LogP contribution in [0.5, 0.6) is 0 Å². The number of alkyl halides is 2. The highest BCUT2D eigenvalue weighted by Gasteiger charge is 2.46. The third kappa shape index (κ3) is 8.09. The van der Waals surface area contributed by atoms with Crippen LogP contribution in [0.15, 0.2) is 22.5 Å². The number of benzene rings is 1. The van der Waals surface area contributed by atoms with Crippen LogP contribution in [0.2, 0.25) is 0 Å². The summed E-state index contributed by atoms with van der Waals surface area (Å²) < 4.78 is 51.9. The summed E-state index contributed by atoms with van der Waals surface area (Å²) in [7, 11) is -2.15. The molecule has 3 rings (SSSR count). The van der Waals surface area contributed by atoms with Crippen LogP contribution in [0.25, 0.3) is 6.08 Å². The molecule has 0 unspecified atom stereocenters. The van der Waals surface area contributed by atoms with Gasteiger partial charge in [0.1, 0.15) is 11.4 Å². The number of carbonyl (C=O) groups is 2. The molecule has 3 amide bonds. The largest absolute Gasteiger partial charge is 0.351 e. The number of urea groups is 1. The van der Waals surface area contributed by atoms with E-state index < -0.39 is 28.0 Å². The molecule has 12 heteroatoms. The molecule has 9 nitrogen and oxygen atoms in total. The molecule has 1 spiro atoms. The number of aliphatic imine (C=N–C) groups is 1. The van der Waals surface area contributed by atoms with Gasteiger partial charge in [0.15, 0.2) is 0 Å². The zero-order valence-corrected chi connectivity index (χ0v) is 24.4. The van der Waals surface area contributed by atoms with E-state index in [9.17, 15) is 26.8 Å². The molecule has 40 heavy (non-hydrogen) atoms. The number of nitrogens with zero attached hydrogens (tertiary/aromatic N) is 3. The Bertz CT molecular complexity index is 1220. The molecular formula is C28H41F2N5O4S. The second-order valence-electron chi connectivity index (χ2n) is 10.7. The second kappa shape index (κ2) is 13.7. The fraction of sp³-hybridized carbons (Fsp3) is 0.607. The van der Waals surface area contributed by atoms with E-state index in [1.807, 2.05) is 13.8 Å². The quantitative estimate of drug-likeness (QED) is 0.323. The highest BCUT2D eigenvalue weighted by Crippen LogP contribution is 2.32. The number of nitrogens with one attached hydrogen (secondary N) is 1. The Hall–Kier alpha value is -2.86. The number of nitrogens with two attached hydrogens (primary N) is 1. The number of rotatable bonds is 13. The van der Waals surface area contributed by atoms with Gasteiger partial charge in [-0.3, -0.25) is 14.7 Å². The first-order valence-electron chi connectivity index (χ1n) is 13.9. The number of sulfonamides is 1. The predicted molar refractivity (Wildman–Crippen MR) is 154 cm³/mol. The first kappa shape index (κ1) is 31.7. The third-order valence-electron chi connectivity index (χ3n) is 7.73. The fourth-order valence-corrected chi connectivity index (χ4v) is 6.40. The Morgan fingerprint density at radius 2 is 1.70 bits per heavy atom. The highest BCUT2D eigenvalue weighted by atomic mass is 32.2. The number of aryl methyl sites for hydroxylation is 2. The SMILES string of the molecule is Cc1cc(N(C)C(N)=O)cc(C)c1C=CS(=O)(=O)N1CCC2(CC1)N=C(CCCCCCCCC(F)F)NC2=O. The van der Waals surface area contributed by atoms with Gasteiger partial charge >= 0.3 is 6.03 Å². The molecule has 0 atom stereocenters. The average Bonchev–Trinajstić information content (AvgIpc) is 3.18. The maximum atomic E-state index is 13.1. The lowest BCUT2D eigenvalue weighted by Gasteiger charge is -2.34. The molecular weight excluding hydrogens is 540 g/mol. The average molecular weight is 582 g/mol. The first-order chi connectivity index (χ1) is 18.8. The molecule has 0 radical (unpaired) electrons. The molecule has 222 valence electrons. The van der Waals surface area contributed by atoms with Crippen LogP contribution < -0.4 is 16.0 Å². The van der Waals surface area contributed by atoms with Crippen LogP contribution in [-0.4, -0.2) is 62.6 Å². The summed E-state index contributed by atoms with van der Waals surface area (Å²) in [4.78, 5) is 30.3. The van der Waals surface area contributed by atoms with Gasteiger partial charge < -0.3 is 11.1 Å². The van der Waals surface area contributed by atoms with Gasteiger partial charge in [-0.05, 0) is 74.4 Å². The number of unbranched alkanes of at least 4 members (excludes halogenated alkanes) is 5. The van der Waals surface area contributed by atoms with E-state index >= 15 is 0 Å². The lowest BCUT2D eigenvalue weighted by atomic mass is 9.89. The summed E-state index contributed by atoms with van der Waals surface area (Å²) in [5.74, 6) is 0.477. The molecule has 0 aliphatic carbocycles. The summed E-state index contributed by atoms with van der Waals surface area (Å²) in [6.07, 6.45) is 5.60. The van der Waals surface area contributed by atoms with Crippen molar-refractivity contribution in [2.24, 2.45) is 10.7 Å². The Morgan fingerprint density at radius 1 is 1.12 bits per heavy atom. The maximum Gasteiger partial charge on any atom is 0.318 e. The number of anilines is 1. The van der Waals surface area contributed by atoms with Gasteiger partial charge in [0.2, 0.25) is 16.4 Å². The fourth-order valence-electron chi connectivity index (χ4n) is 5.23. The van der Waals surface area contributed by atoms with Crippen molar-refractivity contribution in [1.82, 2.24) is 9.62 Å². The standard InChI is InChI=1S/C28H41F2N5O4S/c1-20-18-22(34(3)27(31)37)19-21(2)23(20)12-17-40(38,39)35-15-13-28(14-16-35)26(36)32-25(33-28)11-9-7-5-4-6-8-10-24(29)30/h12,17-19,24H,4-11,13-16H2,1-3H3,(H2,31,37)(H,32,33,36). The maximum absolute atomic E-state index is 13.1. The van der Waals surface area contributed by atoms with Crippen LogP contribution in [0.4, 0.5) is 19.3 Å². The van der Waals surface area contributed by atoms with Crippen LogP contribution in [0.1, 0.15) is 80.9 Å².